The molecule has 1 atom stereocenters. The number of pyridine rings is 1. The quantitative estimate of drug-likeness (QED) is 0.715. The van der Waals surface area contributed by atoms with Crippen LogP contribution in [0.4, 0.5) is 10.2 Å². The van der Waals surface area contributed by atoms with E-state index in [9.17, 15) is 12.8 Å². The minimum atomic E-state index is -3.86. The van der Waals surface area contributed by atoms with Crippen LogP contribution < -0.4 is 4.31 Å². The summed E-state index contributed by atoms with van der Waals surface area (Å²) in [6.45, 7) is 9.65. The molecule has 0 amide bonds. The van der Waals surface area contributed by atoms with E-state index in [-0.39, 0.29) is 17.3 Å². The Hall–Kier alpha value is -1.97. The number of fused-ring (bicyclic) bond motifs is 1. The van der Waals surface area contributed by atoms with Crippen LogP contribution in [0.5, 0.6) is 0 Å². The SMILES string of the molecule is Cc1ccc(S(=O)(=O)N2CC(B3OC(C)(C)C(C)(C)O3)c3cc(F)cnc32)cc1. The van der Waals surface area contributed by atoms with Crippen molar-refractivity contribution >= 4 is 23.0 Å². The minimum Gasteiger partial charge on any atom is -0.403 e. The lowest BCUT2D eigenvalue weighted by atomic mass is 9.69. The van der Waals surface area contributed by atoms with Gasteiger partial charge in [-0.25, -0.2) is 22.1 Å². The van der Waals surface area contributed by atoms with Gasteiger partial charge in [0, 0.05) is 17.9 Å². The summed E-state index contributed by atoms with van der Waals surface area (Å²) in [6, 6.07) is 7.94. The fourth-order valence-corrected chi connectivity index (χ4v) is 5.10. The van der Waals surface area contributed by atoms with Crippen molar-refractivity contribution in [2.45, 2.75) is 56.5 Å². The van der Waals surface area contributed by atoms with Crippen molar-refractivity contribution in [1.82, 2.24) is 4.98 Å². The summed E-state index contributed by atoms with van der Waals surface area (Å²) < 4.78 is 54.1. The molecule has 2 aliphatic rings. The van der Waals surface area contributed by atoms with E-state index in [1.165, 1.54) is 10.4 Å². The van der Waals surface area contributed by atoms with Gasteiger partial charge in [-0.15, -0.1) is 0 Å². The van der Waals surface area contributed by atoms with Crippen molar-refractivity contribution in [3.63, 3.8) is 0 Å². The number of anilines is 1. The van der Waals surface area contributed by atoms with Crippen LogP contribution in [0.1, 0.15) is 44.6 Å². The van der Waals surface area contributed by atoms with E-state index in [1.54, 1.807) is 24.3 Å². The van der Waals surface area contributed by atoms with Gasteiger partial charge in [-0.05, 0) is 52.8 Å². The molecule has 2 aliphatic heterocycles. The molecule has 154 valence electrons. The van der Waals surface area contributed by atoms with Crippen LogP contribution in [-0.2, 0) is 19.3 Å². The highest BCUT2D eigenvalue weighted by Crippen LogP contribution is 2.46. The van der Waals surface area contributed by atoms with Crippen molar-refractivity contribution in [2.75, 3.05) is 10.8 Å². The highest BCUT2D eigenvalue weighted by molar-refractivity contribution is 7.92. The van der Waals surface area contributed by atoms with E-state index >= 15 is 0 Å². The number of hydrogen-bond acceptors (Lipinski definition) is 5. The van der Waals surface area contributed by atoms with Crippen molar-refractivity contribution < 1.29 is 22.1 Å². The summed E-state index contributed by atoms with van der Waals surface area (Å²) >= 11 is 0. The third-order valence-corrected chi connectivity index (χ3v) is 7.84. The predicted octanol–water partition coefficient (Wildman–Crippen LogP) is 3.45. The van der Waals surface area contributed by atoms with Gasteiger partial charge in [-0.2, -0.15) is 0 Å². The Balaban J connectivity index is 1.75. The van der Waals surface area contributed by atoms with Crippen molar-refractivity contribution in [3.8, 4) is 0 Å². The molecule has 3 heterocycles. The van der Waals surface area contributed by atoms with Gasteiger partial charge in [-0.3, -0.25) is 0 Å². The van der Waals surface area contributed by atoms with Crippen LogP contribution in [-0.4, -0.2) is 38.3 Å². The number of rotatable bonds is 3. The van der Waals surface area contributed by atoms with E-state index in [1.807, 2.05) is 34.6 Å². The maximum atomic E-state index is 14.0. The number of aryl methyl sites for hydroxylation is 1. The number of sulfonamides is 1. The van der Waals surface area contributed by atoms with Gasteiger partial charge in [0.05, 0.1) is 22.3 Å². The van der Waals surface area contributed by atoms with E-state index < -0.39 is 40.0 Å². The normalized spacial score (nSPS) is 22.8. The molecule has 0 saturated carbocycles. The van der Waals surface area contributed by atoms with E-state index in [4.69, 9.17) is 9.31 Å². The van der Waals surface area contributed by atoms with Crippen LogP contribution >= 0.6 is 0 Å². The first-order chi connectivity index (χ1) is 13.4. The number of benzene rings is 1. The topological polar surface area (TPSA) is 68.7 Å². The Morgan fingerprint density at radius 1 is 1.14 bits per heavy atom. The van der Waals surface area contributed by atoms with Crippen molar-refractivity contribution in [2.24, 2.45) is 0 Å². The molecule has 29 heavy (non-hydrogen) atoms. The second-order valence-corrected chi connectivity index (χ2v) is 10.5. The van der Waals surface area contributed by atoms with Crippen LogP contribution in [0.2, 0.25) is 0 Å². The maximum absolute atomic E-state index is 14.0. The van der Waals surface area contributed by atoms with Gasteiger partial charge in [0.25, 0.3) is 10.0 Å². The molecular formula is C20H24BFN2O4S. The Labute approximate surface area is 171 Å². The summed E-state index contributed by atoms with van der Waals surface area (Å²) in [7, 11) is -4.57. The average Bonchev–Trinajstić information content (AvgIpc) is 3.09. The molecule has 4 rings (SSSR count). The first kappa shape index (κ1) is 20.3. The third-order valence-electron chi connectivity index (χ3n) is 6.07. The smallest absolute Gasteiger partial charge is 0.403 e. The summed E-state index contributed by atoms with van der Waals surface area (Å²) in [5.41, 5.74) is 0.268. The maximum Gasteiger partial charge on any atom is 0.467 e. The molecule has 0 N–H and O–H groups in total. The molecule has 0 spiro atoms. The Morgan fingerprint density at radius 3 is 2.31 bits per heavy atom. The lowest BCUT2D eigenvalue weighted by molar-refractivity contribution is 0.00578. The molecule has 1 fully saturated rings. The molecule has 9 heteroatoms. The fourth-order valence-electron chi connectivity index (χ4n) is 3.63. The molecule has 0 radical (unpaired) electrons. The van der Waals surface area contributed by atoms with E-state index in [0.717, 1.165) is 11.8 Å². The molecule has 1 unspecified atom stereocenters. The van der Waals surface area contributed by atoms with Gasteiger partial charge >= 0.3 is 7.12 Å². The molecular weight excluding hydrogens is 394 g/mol. The number of halogens is 1. The molecule has 6 nitrogen and oxygen atoms in total. The van der Waals surface area contributed by atoms with E-state index in [2.05, 4.69) is 4.98 Å². The molecule has 0 bridgehead atoms. The number of nitrogens with zero attached hydrogens (tertiary/aromatic N) is 2. The molecule has 1 aromatic carbocycles. The van der Waals surface area contributed by atoms with Crippen LogP contribution in [0.3, 0.4) is 0 Å². The Morgan fingerprint density at radius 2 is 1.72 bits per heavy atom. The number of aromatic nitrogens is 1. The largest absolute Gasteiger partial charge is 0.467 e. The second-order valence-electron chi connectivity index (χ2n) is 8.65. The summed E-state index contributed by atoms with van der Waals surface area (Å²) in [6.07, 6.45) is 1.03. The predicted molar refractivity (Wildman–Crippen MR) is 109 cm³/mol. The molecule has 2 aromatic rings. The minimum absolute atomic E-state index is 0.0683. The zero-order chi connectivity index (χ0) is 21.2. The Kier molecular flexibility index (Phi) is 4.57. The summed E-state index contributed by atoms with van der Waals surface area (Å²) in [4.78, 5) is 4.27. The Bertz CT molecular complexity index is 1040. The third kappa shape index (κ3) is 3.25. The first-order valence-corrected chi connectivity index (χ1v) is 11.0. The highest BCUT2D eigenvalue weighted by atomic mass is 32.2. The van der Waals surface area contributed by atoms with Crippen molar-refractivity contribution in [3.05, 3.63) is 53.5 Å². The fraction of sp³-hybridized carbons (Fsp3) is 0.450. The molecule has 1 saturated heterocycles. The lowest BCUT2D eigenvalue weighted by Gasteiger charge is -2.32. The zero-order valence-corrected chi connectivity index (χ0v) is 18.0. The van der Waals surface area contributed by atoms with Crippen molar-refractivity contribution in [1.29, 1.82) is 0 Å². The van der Waals surface area contributed by atoms with Gasteiger partial charge in [-0.1, -0.05) is 17.7 Å². The average molecular weight is 418 g/mol. The van der Waals surface area contributed by atoms with Gasteiger partial charge < -0.3 is 9.31 Å². The van der Waals surface area contributed by atoms with Gasteiger partial charge in [0.15, 0.2) is 0 Å². The first-order valence-electron chi connectivity index (χ1n) is 9.53. The summed E-state index contributed by atoms with van der Waals surface area (Å²) in [5.74, 6) is -0.805. The molecule has 1 aromatic heterocycles. The standard InChI is InChI=1S/C20H24BFN2O4S/c1-13-6-8-15(9-7-13)29(25,26)24-12-17(16-10-14(22)11-23-18(16)24)21-27-19(2,3)20(4,5)28-21/h6-11,17H,12H2,1-5H3. The summed E-state index contributed by atoms with van der Waals surface area (Å²) in [5, 5.41) is 0. The monoisotopic (exact) mass is 418 g/mol. The van der Waals surface area contributed by atoms with Gasteiger partial charge in [0.1, 0.15) is 11.6 Å². The van der Waals surface area contributed by atoms with Gasteiger partial charge in [0.2, 0.25) is 0 Å². The lowest BCUT2D eigenvalue weighted by Crippen LogP contribution is -2.41. The van der Waals surface area contributed by atoms with E-state index in [0.29, 0.717) is 5.56 Å². The van der Waals surface area contributed by atoms with Crippen LogP contribution in [0, 0.1) is 12.7 Å². The van der Waals surface area contributed by atoms with Crippen LogP contribution in [0.15, 0.2) is 41.4 Å². The van der Waals surface area contributed by atoms with Crippen LogP contribution in [0.25, 0.3) is 0 Å². The highest BCUT2D eigenvalue weighted by Gasteiger charge is 2.57. The number of hydrogen-bond donors (Lipinski definition) is 0. The zero-order valence-electron chi connectivity index (χ0n) is 17.1. The molecule has 0 aliphatic carbocycles. The second kappa shape index (κ2) is 6.52.